The van der Waals surface area contributed by atoms with Crippen LogP contribution < -0.4 is 5.32 Å². The molecule has 0 atom stereocenters. The number of urea groups is 1. The zero-order valence-corrected chi connectivity index (χ0v) is 12.8. The molecule has 1 aromatic rings. The lowest BCUT2D eigenvalue weighted by Gasteiger charge is -2.39. The third-order valence-electron chi connectivity index (χ3n) is 3.64. The maximum Gasteiger partial charge on any atom is 0.329 e. The van der Waals surface area contributed by atoms with Crippen molar-refractivity contribution in [3.8, 4) is 0 Å². The Morgan fingerprint density at radius 1 is 1.35 bits per heavy atom. The van der Waals surface area contributed by atoms with Crippen LogP contribution in [0.25, 0.3) is 0 Å². The van der Waals surface area contributed by atoms with Gasteiger partial charge in [-0.05, 0) is 37.0 Å². The molecule has 2 N–H and O–H groups in total. The molecule has 0 radical (unpaired) electrons. The summed E-state index contributed by atoms with van der Waals surface area (Å²) in [4.78, 5) is 24.8. The molecule has 0 aromatic heterocycles. The summed E-state index contributed by atoms with van der Waals surface area (Å²) < 4.78 is 0.979. The van der Waals surface area contributed by atoms with E-state index in [4.69, 9.17) is 0 Å². The fourth-order valence-electron chi connectivity index (χ4n) is 2.16. The SMILES string of the molecule is CN(Cc1ccc(Br)cc1)C(=O)NC1(C(=O)O)CCC1. The quantitative estimate of drug-likeness (QED) is 0.884. The Morgan fingerprint density at radius 3 is 2.40 bits per heavy atom. The van der Waals surface area contributed by atoms with Crippen LogP contribution in [0, 0.1) is 0 Å². The van der Waals surface area contributed by atoms with Gasteiger partial charge in [0.2, 0.25) is 0 Å². The minimum Gasteiger partial charge on any atom is -0.480 e. The number of carbonyl (C=O) groups is 2. The van der Waals surface area contributed by atoms with Crippen LogP contribution in [0.3, 0.4) is 0 Å². The van der Waals surface area contributed by atoms with Crippen molar-refractivity contribution in [2.75, 3.05) is 7.05 Å². The van der Waals surface area contributed by atoms with Crippen LogP contribution in [0.5, 0.6) is 0 Å². The highest BCUT2D eigenvalue weighted by Crippen LogP contribution is 2.32. The minimum atomic E-state index is -1.06. The number of halogens is 1. The van der Waals surface area contributed by atoms with Crippen LogP contribution >= 0.6 is 15.9 Å². The van der Waals surface area contributed by atoms with Crippen LogP contribution in [-0.4, -0.2) is 34.6 Å². The predicted octanol–water partition coefficient (Wildman–Crippen LogP) is 2.60. The molecule has 5 nitrogen and oxygen atoms in total. The van der Waals surface area contributed by atoms with E-state index in [0.717, 1.165) is 16.5 Å². The van der Waals surface area contributed by atoms with Gasteiger partial charge in [-0.3, -0.25) is 0 Å². The summed E-state index contributed by atoms with van der Waals surface area (Å²) in [6, 6.07) is 7.31. The number of benzene rings is 1. The van der Waals surface area contributed by atoms with Gasteiger partial charge in [-0.25, -0.2) is 9.59 Å². The van der Waals surface area contributed by atoms with Crippen molar-refractivity contribution in [2.45, 2.75) is 31.3 Å². The molecule has 0 aliphatic heterocycles. The fraction of sp³-hybridized carbons (Fsp3) is 0.429. The Labute approximate surface area is 126 Å². The molecule has 2 amide bonds. The summed E-state index contributed by atoms with van der Waals surface area (Å²) >= 11 is 3.36. The predicted molar refractivity (Wildman–Crippen MR) is 78.4 cm³/mol. The Bertz CT molecular complexity index is 512. The van der Waals surface area contributed by atoms with E-state index in [1.54, 1.807) is 7.05 Å². The summed E-state index contributed by atoms with van der Waals surface area (Å²) in [7, 11) is 1.66. The second-order valence-corrected chi connectivity index (χ2v) is 6.07. The van der Waals surface area contributed by atoms with Crippen molar-refractivity contribution in [1.82, 2.24) is 10.2 Å². The van der Waals surface area contributed by atoms with Crippen molar-refractivity contribution in [1.29, 1.82) is 0 Å². The minimum absolute atomic E-state index is 0.352. The van der Waals surface area contributed by atoms with Crippen molar-refractivity contribution >= 4 is 27.9 Å². The molecular weight excluding hydrogens is 324 g/mol. The molecular formula is C14H17BrN2O3. The van der Waals surface area contributed by atoms with Gasteiger partial charge >= 0.3 is 12.0 Å². The maximum absolute atomic E-state index is 12.1. The van der Waals surface area contributed by atoms with Crippen molar-refractivity contribution < 1.29 is 14.7 Å². The van der Waals surface area contributed by atoms with Crippen LogP contribution in [0.2, 0.25) is 0 Å². The molecule has 0 saturated heterocycles. The van der Waals surface area contributed by atoms with Gasteiger partial charge in [-0.2, -0.15) is 0 Å². The summed E-state index contributed by atoms with van der Waals surface area (Å²) in [6.45, 7) is 0.439. The Morgan fingerprint density at radius 2 is 1.95 bits per heavy atom. The number of carbonyl (C=O) groups excluding carboxylic acids is 1. The second-order valence-electron chi connectivity index (χ2n) is 5.15. The molecule has 0 spiro atoms. The Balaban J connectivity index is 1.95. The molecule has 6 heteroatoms. The molecule has 1 fully saturated rings. The van der Waals surface area contributed by atoms with Crippen LogP contribution in [0.4, 0.5) is 4.79 Å². The van der Waals surface area contributed by atoms with Gasteiger partial charge in [0.15, 0.2) is 0 Å². The number of nitrogens with one attached hydrogen (secondary N) is 1. The molecule has 20 heavy (non-hydrogen) atoms. The highest BCUT2D eigenvalue weighted by Gasteiger charge is 2.46. The van der Waals surface area contributed by atoms with Gasteiger partial charge in [-0.15, -0.1) is 0 Å². The average molecular weight is 341 g/mol. The Kier molecular flexibility index (Phi) is 4.32. The number of hydrogen-bond acceptors (Lipinski definition) is 2. The van der Waals surface area contributed by atoms with E-state index in [-0.39, 0.29) is 6.03 Å². The van der Waals surface area contributed by atoms with Gasteiger partial charge in [0, 0.05) is 18.1 Å². The Hall–Kier alpha value is -1.56. The summed E-state index contributed by atoms with van der Waals surface area (Å²) in [5.41, 5.74) is -0.0748. The zero-order valence-electron chi connectivity index (χ0n) is 11.2. The third-order valence-corrected chi connectivity index (χ3v) is 4.17. The molecule has 0 unspecified atom stereocenters. The van der Waals surface area contributed by atoms with Crippen molar-refractivity contribution in [3.63, 3.8) is 0 Å². The number of amides is 2. The van der Waals surface area contributed by atoms with Crippen molar-refractivity contribution in [3.05, 3.63) is 34.3 Å². The van der Waals surface area contributed by atoms with E-state index < -0.39 is 11.5 Å². The smallest absolute Gasteiger partial charge is 0.329 e. The molecule has 1 aromatic carbocycles. The van der Waals surface area contributed by atoms with Gasteiger partial charge in [0.25, 0.3) is 0 Å². The summed E-state index contributed by atoms with van der Waals surface area (Å²) in [5.74, 6) is -0.950. The van der Waals surface area contributed by atoms with E-state index >= 15 is 0 Å². The topological polar surface area (TPSA) is 69.6 Å². The highest BCUT2D eigenvalue weighted by molar-refractivity contribution is 9.10. The largest absolute Gasteiger partial charge is 0.480 e. The lowest BCUT2D eigenvalue weighted by molar-refractivity contribution is -0.148. The first-order valence-corrected chi connectivity index (χ1v) is 7.23. The molecule has 2 rings (SSSR count). The normalized spacial score (nSPS) is 16.1. The molecule has 108 valence electrons. The van der Waals surface area contributed by atoms with E-state index in [1.165, 1.54) is 4.90 Å². The number of rotatable bonds is 4. The molecule has 1 aliphatic rings. The van der Waals surface area contributed by atoms with E-state index in [0.29, 0.717) is 19.4 Å². The van der Waals surface area contributed by atoms with E-state index in [1.807, 2.05) is 24.3 Å². The van der Waals surface area contributed by atoms with Crippen LogP contribution in [0.1, 0.15) is 24.8 Å². The molecule has 1 saturated carbocycles. The van der Waals surface area contributed by atoms with Gasteiger partial charge in [0.05, 0.1) is 0 Å². The number of carboxylic acid groups (broad SMARTS) is 1. The van der Waals surface area contributed by atoms with Crippen molar-refractivity contribution in [2.24, 2.45) is 0 Å². The lowest BCUT2D eigenvalue weighted by atomic mass is 9.77. The van der Waals surface area contributed by atoms with Gasteiger partial charge in [0.1, 0.15) is 5.54 Å². The monoisotopic (exact) mass is 340 g/mol. The standard InChI is InChI=1S/C14H17BrN2O3/c1-17(9-10-3-5-11(15)6-4-10)13(20)16-14(12(18)19)7-2-8-14/h3-6H,2,7-9H2,1H3,(H,16,20)(H,18,19). The number of nitrogens with zero attached hydrogens (tertiary/aromatic N) is 1. The first kappa shape index (κ1) is 14.8. The third kappa shape index (κ3) is 3.12. The van der Waals surface area contributed by atoms with Crippen LogP contribution in [0.15, 0.2) is 28.7 Å². The van der Waals surface area contributed by atoms with Crippen LogP contribution in [-0.2, 0) is 11.3 Å². The lowest BCUT2D eigenvalue weighted by Crippen LogP contribution is -2.61. The number of carboxylic acids is 1. The fourth-order valence-corrected chi connectivity index (χ4v) is 2.42. The second kappa shape index (κ2) is 5.83. The molecule has 0 heterocycles. The number of aliphatic carboxylic acids is 1. The van der Waals surface area contributed by atoms with E-state index in [9.17, 15) is 14.7 Å². The first-order chi connectivity index (χ1) is 9.43. The molecule has 0 bridgehead atoms. The number of hydrogen-bond donors (Lipinski definition) is 2. The average Bonchev–Trinajstić information content (AvgIpc) is 2.35. The first-order valence-electron chi connectivity index (χ1n) is 6.44. The van der Waals surface area contributed by atoms with E-state index in [2.05, 4.69) is 21.2 Å². The van der Waals surface area contributed by atoms with Gasteiger partial charge in [-0.1, -0.05) is 28.1 Å². The summed E-state index contributed by atoms with van der Waals surface area (Å²) in [6.07, 6.45) is 1.84. The zero-order chi connectivity index (χ0) is 14.8. The van der Waals surface area contributed by atoms with Gasteiger partial charge < -0.3 is 15.3 Å². The summed E-state index contributed by atoms with van der Waals surface area (Å²) in [5, 5.41) is 11.8. The molecule has 1 aliphatic carbocycles. The maximum atomic E-state index is 12.1. The highest BCUT2D eigenvalue weighted by atomic mass is 79.9.